The Morgan fingerprint density at radius 3 is 2.55 bits per heavy atom. The van der Waals surface area contributed by atoms with Crippen LogP contribution < -0.4 is 5.32 Å². The number of hydrogen-bond acceptors (Lipinski definition) is 5. The van der Waals surface area contributed by atoms with E-state index in [-0.39, 0.29) is 23.5 Å². The summed E-state index contributed by atoms with van der Waals surface area (Å²) < 4.78 is 11.5. The fraction of sp³-hybridized carbons (Fsp3) is 0.417. The van der Waals surface area contributed by atoms with E-state index >= 15 is 0 Å². The number of para-hydroxylation sites is 1. The van der Waals surface area contributed by atoms with Crippen molar-refractivity contribution in [3.63, 3.8) is 0 Å². The molecule has 1 fully saturated rings. The third-order valence-corrected chi connectivity index (χ3v) is 5.80. The van der Waals surface area contributed by atoms with Crippen LogP contribution in [0, 0.1) is 5.92 Å². The van der Waals surface area contributed by atoms with E-state index in [0.717, 1.165) is 31.1 Å². The summed E-state index contributed by atoms with van der Waals surface area (Å²) in [5.74, 6) is 0.544. The van der Waals surface area contributed by atoms with Crippen LogP contribution in [0.25, 0.3) is 11.0 Å². The van der Waals surface area contributed by atoms with Crippen molar-refractivity contribution in [2.24, 2.45) is 5.92 Å². The molecule has 0 spiro atoms. The van der Waals surface area contributed by atoms with Crippen LogP contribution in [-0.2, 0) is 11.3 Å². The van der Waals surface area contributed by atoms with Crippen LogP contribution in [0.2, 0.25) is 0 Å². The Hall–Kier alpha value is -3.06. The number of fused-ring (bicyclic) bond motifs is 1. The standard InChI is InChI=1S/C24H29N3O4/c1-26(2)13-14-27(16-18-10-7-15-30-18)24(29)22-21(19-11-5-6-12-20(19)31-22)25-23(28)17-8-3-4-9-17/h5-7,10-12,15,17H,3-4,8-9,13-14,16H2,1-2H3,(H,25,28). The highest BCUT2D eigenvalue weighted by Gasteiger charge is 2.29. The number of amides is 2. The van der Waals surface area contributed by atoms with Crippen molar-refractivity contribution >= 4 is 28.5 Å². The third kappa shape index (κ3) is 4.82. The summed E-state index contributed by atoms with van der Waals surface area (Å²) in [6.45, 7) is 1.52. The maximum Gasteiger partial charge on any atom is 0.292 e. The van der Waals surface area contributed by atoms with Gasteiger partial charge in [-0.1, -0.05) is 25.0 Å². The fourth-order valence-electron chi connectivity index (χ4n) is 4.04. The van der Waals surface area contributed by atoms with Crippen molar-refractivity contribution in [1.82, 2.24) is 9.80 Å². The van der Waals surface area contributed by atoms with Crippen molar-refractivity contribution < 1.29 is 18.4 Å². The molecule has 164 valence electrons. The van der Waals surface area contributed by atoms with Gasteiger partial charge >= 0.3 is 0 Å². The minimum atomic E-state index is -0.267. The van der Waals surface area contributed by atoms with E-state index in [0.29, 0.717) is 36.7 Å². The van der Waals surface area contributed by atoms with Crippen LogP contribution in [0.1, 0.15) is 42.0 Å². The van der Waals surface area contributed by atoms with E-state index < -0.39 is 0 Å². The first-order valence-electron chi connectivity index (χ1n) is 10.8. The zero-order chi connectivity index (χ0) is 21.8. The highest BCUT2D eigenvalue weighted by atomic mass is 16.4. The minimum absolute atomic E-state index is 0.00965. The largest absolute Gasteiger partial charge is 0.467 e. The van der Waals surface area contributed by atoms with Gasteiger partial charge in [0.05, 0.1) is 12.8 Å². The molecule has 1 N–H and O–H groups in total. The molecule has 7 nitrogen and oxygen atoms in total. The Bertz CT molecular complexity index is 1030. The number of nitrogens with zero attached hydrogens (tertiary/aromatic N) is 2. The molecule has 0 unspecified atom stereocenters. The SMILES string of the molecule is CN(C)CCN(Cc1ccco1)C(=O)c1oc2ccccc2c1NC(=O)C1CCCC1. The first-order chi connectivity index (χ1) is 15.0. The number of rotatable bonds is 8. The van der Waals surface area contributed by atoms with Gasteiger partial charge in [-0.2, -0.15) is 0 Å². The number of likely N-dealkylation sites (N-methyl/N-ethyl adjacent to an activating group) is 1. The van der Waals surface area contributed by atoms with E-state index in [4.69, 9.17) is 8.83 Å². The molecule has 1 saturated carbocycles. The summed E-state index contributed by atoms with van der Waals surface area (Å²) >= 11 is 0. The van der Waals surface area contributed by atoms with E-state index in [1.54, 1.807) is 17.2 Å². The van der Waals surface area contributed by atoms with Crippen LogP contribution in [0.4, 0.5) is 5.69 Å². The number of carbonyl (C=O) groups excluding carboxylic acids is 2. The van der Waals surface area contributed by atoms with Crippen molar-refractivity contribution in [3.8, 4) is 0 Å². The minimum Gasteiger partial charge on any atom is -0.467 e. The molecule has 1 aromatic carbocycles. The lowest BCUT2D eigenvalue weighted by atomic mass is 10.1. The molecule has 4 rings (SSSR count). The Balaban J connectivity index is 1.66. The van der Waals surface area contributed by atoms with Crippen LogP contribution >= 0.6 is 0 Å². The van der Waals surface area contributed by atoms with Crippen molar-refractivity contribution in [2.75, 3.05) is 32.5 Å². The van der Waals surface area contributed by atoms with Gasteiger partial charge in [-0.15, -0.1) is 0 Å². The Kier molecular flexibility index (Phi) is 6.42. The Labute approximate surface area is 182 Å². The lowest BCUT2D eigenvalue weighted by Gasteiger charge is -2.23. The van der Waals surface area contributed by atoms with Gasteiger partial charge < -0.3 is 24.0 Å². The maximum absolute atomic E-state index is 13.6. The van der Waals surface area contributed by atoms with E-state index in [1.165, 1.54) is 0 Å². The third-order valence-electron chi connectivity index (χ3n) is 5.80. The summed E-state index contributed by atoms with van der Waals surface area (Å²) in [5.41, 5.74) is 1.05. The molecule has 1 aliphatic carbocycles. The number of benzene rings is 1. The predicted molar refractivity (Wildman–Crippen MR) is 119 cm³/mol. The topological polar surface area (TPSA) is 78.9 Å². The Morgan fingerprint density at radius 1 is 1.06 bits per heavy atom. The molecule has 0 radical (unpaired) electrons. The van der Waals surface area contributed by atoms with Crippen molar-refractivity contribution in [3.05, 3.63) is 54.2 Å². The lowest BCUT2D eigenvalue weighted by Crippen LogP contribution is -2.36. The fourth-order valence-corrected chi connectivity index (χ4v) is 4.04. The van der Waals surface area contributed by atoms with Gasteiger partial charge in [-0.3, -0.25) is 9.59 Å². The monoisotopic (exact) mass is 423 g/mol. The number of anilines is 1. The summed E-state index contributed by atoms with van der Waals surface area (Å²) in [6, 6.07) is 11.1. The average Bonchev–Trinajstić information content (AvgIpc) is 3.52. The van der Waals surface area contributed by atoms with Crippen molar-refractivity contribution in [2.45, 2.75) is 32.2 Å². The molecule has 31 heavy (non-hydrogen) atoms. The number of nitrogens with one attached hydrogen (secondary N) is 1. The molecule has 1 aliphatic rings. The molecule has 0 saturated heterocycles. The highest BCUT2D eigenvalue weighted by Crippen LogP contribution is 2.34. The summed E-state index contributed by atoms with van der Waals surface area (Å²) in [6.07, 6.45) is 5.50. The second-order valence-corrected chi connectivity index (χ2v) is 8.38. The Morgan fingerprint density at radius 2 is 1.84 bits per heavy atom. The molecule has 0 aliphatic heterocycles. The van der Waals surface area contributed by atoms with Gasteiger partial charge in [0.25, 0.3) is 5.91 Å². The molecule has 7 heteroatoms. The first kappa shape index (κ1) is 21.2. The molecular formula is C24H29N3O4. The van der Waals surface area contributed by atoms with Crippen LogP contribution in [0.5, 0.6) is 0 Å². The number of carbonyl (C=O) groups is 2. The van der Waals surface area contributed by atoms with Gasteiger partial charge in [0.1, 0.15) is 17.0 Å². The second kappa shape index (κ2) is 9.39. The molecule has 2 amide bonds. The molecule has 3 aromatic rings. The van der Waals surface area contributed by atoms with Gasteiger partial charge in [-0.25, -0.2) is 0 Å². The smallest absolute Gasteiger partial charge is 0.292 e. The van der Waals surface area contributed by atoms with Crippen molar-refractivity contribution in [1.29, 1.82) is 0 Å². The van der Waals surface area contributed by atoms with E-state index in [2.05, 4.69) is 5.32 Å². The molecular weight excluding hydrogens is 394 g/mol. The molecule has 0 bridgehead atoms. The number of furan rings is 2. The van der Waals surface area contributed by atoms with E-state index in [1.807, 2.05) is 49.3 Å². The van der Waals surface area contributed by atoms with Gasteiger partial charge in [0, 0.05) is 24.4 Å². The molecule has 2 aromatic heterocycles. The second-order valence-electron chi connectivity index (χ2n) is 8.38. The normalized spacial score (nSPS) is 14.4. The quantitative estimate of drug-likeness (QED) is 0.582. The average molecular weight is 424 g/mol. The van der Waals surface area contributed by atoms with Gasteiger partial charge in [-0.05, 0) is 51.2 Å². The predicted octanol–water partition coefficient (Wildman–Crippen LogP) is 4.36. The molecule has 0 atom stereocenters. The summed E-state index contributed by atoms with van der Waals surface area (Å²) in [7, 11) is 3.92. The number of hydrogen-bond donors (Lipinski definition) is 1. The zero-order valence-corrected chi connectivity index (χ0v) is 18.1. The van der Waals surface area contributed by atoms with Gasteiger partial charge in [0.15, 0.2) is 0 Å². The molecule has 2 heterocycles. The maximum atomic E-state index is 13.6. The van der Waals surface area contributed by atoms with Crippen LogP contribution in [0.15, 0.2) is 51.5 Å². The first-order valence-corrected chi connectivity index (χ1v) is 10.8. The summed E-state index contributed by atoms with van der Waals surface area (Å²) in [5, 5.41) is 3.76. The summed E-state index contributed by atoms with van der Waals surface area (Å²) in [4.78, 5) is 30.2. The lowest BCUT2D eigenvalue weighted by molar-refractivity contribution is -0.119. The van der Waals surface area contributed by atoms with Crippen LogP contribution in [-0.4, -0.2) is 48.8 Å². The van der Waals surface area contributed by atoms with E-state index in [9.17, 15) is 9.59 Å². The zero-order valence-electron chi connectivity index (χ0n) is 18.1. The van der Waals surface area contributed by atoms with Gasteiger partial charge in [0.2, 0.25) is 11.7 Å². The highest BCUT2D eigenvalue weighted by molar-refractivity contribution is 6.11. The van der Waals surface area contributed by atoms with Crippen LogP contribution in [0.3, 0.4) is 0 Å².